The second-order valence-electron chi connectivity index (χ2n) is 7.58. The molecule has 1 aromatic carbocycles. The third-order valence-corrected chi connectivity index (χ3v) is 4.97. The quantitative estimate of drug-likeness (QED) is 0.439. The van der Waals surface area contributed by atoms with E-state index in [2.05, 4.69) is 97.9 Å². The fourth-order valence-corrected chi connectivity index (χ4v) is 3.37. The summed E-state index contributed by atoms with van der Waals surface area (Å²) < 4.78 is 2.31. The summed E-state index contributed by atoms with van der Waals surface area (Å²) in [5, 5.41) is 0. The summed E-state index contributed by atoms with van der Waals surface area (Å²) in [5.74, 6) is 1.55. The first-order valence-corrected chi connectivity index (χ1v) is 11.2. The van der Waals surface area contributed by atoms with Gasteiger partial charge in [-0.3, -0.25) is 0 Å². The van der Waals surface area contributed by atoms with Gasteiger partial charge in [0.15, 0.2) is 0 Å². The molecule has 2 aromatic rings. The maximum Gasteiger partial charge on any atom is 0.140 e. The largest absolute Gasteiger partial charge is 0.320 e. The van der Waals surface area contributed by atoms with Gasteiger partial charge in [-0.1, -0.05) is 112 Å². The average Bonchev–Trinajstić information content (AvgIpc) is 3.16. The van der Waals surface area contributed by atoms with Crippen LogP contribution >= 0.6 is 0 Å². The lowest BCUT2D eigenvalue weighted by Crippen LogP contribution is -2.08. The van der Waals surface area contributed by atoms with E-state index in [0.29, 0.717) is 5.92 Å². The van der Waals surface area contributed by atoms with E-state index in [-0.39, 0.29) is 0 Å². The molecule has 0 amide bonds. The lowest BCUT2D eigenvalue weighted by atomic mass is 10.0. The second-order valence-corrected chi connectivity index (χ2v) is 7.58. The zero-order chi connectivity index (χ0) is 22.6. The molecule has 0 N–H and O–H groups in total. The second kappa shape index (κ2) is 12.5. The third-order valence-electron chi connectivity index (χ3n) is 4.97. The van der Waals surface area contributed by atoms with Crippen LogP contribution in [-0.4, -0.2) is 9.55 Å². The highest BCUT2D eigenvalue weighted by atomic mass is 15.1. The molecule has 0 bridgehead atoms. The number of rotatable bonds is 6. The van der Waals surface area contributed by atoms with Crippen LogP contribution in [0.15, 0.2) is 97.3 Å². The summed E-state index contributed by atoms with van der Waals surface area (Å²) in [5.41, 5.74) is 5.67. The van der Waals surface area contributed by atoms with Gasteiger partial charge in [0, 0.05) is 12.1 Å². The van der Waals surface area contributed by atoms with Crippen molar-refractivity contribution in [3.05, 3.63) is 114 Å². The smallest absolute Gasteiger partial charge is 0.140 e. The molecule has 2 heteroatoms. The number of aromatic nitrogens is 2. The van der Waals surface area contributed by atoms with Crippen LogP contribution in [0.3, 0.4) is 0 Å². The van der Waals surface area contributed by atoms with E-state index in [0.717, 1.165) is 41.2 Å². The van der Waals surface area contributed by atoms with E-state index in [1.807, 2.05) is 33.0 Å². The highest BCUT2D eigenvalue weighted by Crippen LogP contribution is 2.26. The summed E-state index contributed by atoms with van der Waals surface area (Å²) in [6, 6.07) is 10.6. The minimum atomic E-state index is 0.561. The minimum absolute atomic E-state index is 0.561. The van der Waals surface area contributed by atoms with E-state index >= 15 is 0 Å². The van der Waals surface area contributed by atoms with E-state index in [1.165, 1.54) is 5.56 Å². The number of hydrogen-bond acceptors (Lipinski definition) is 1. The van der Waals surface area contributed by atoms with Crippen molar-refractivity contribution in [1.82, 2.24) is 9.55 Å². The molecule has 1 aromatic heterocycles. The van der Waals surface area contributed by atoms with Gasteiger partial charge < -0.3 is 4.57 Å². The Bertz CT molecular complexity index is 995. The van der Waals surface area contributed by atoms with Gasteiger partial charge in [-0.25, -0.2) is 4.98 Å². The molecule has 1 aliphatic carbocycles. The van der Waals surface area contributed by atoms with E-state index in [1.54, 1.807) is 0 Å². The van der Waals surface area contributed by atoms with E-state index < -0.39 is 0 Å². The topological polar surface area (TPSA) is 17.8 Å². The minimum Gasteiger partial charge on any atom is -0.320 e. The number of nitrogens with zero attached hydrogens (tertiary/aromatic N) is 2. The monoisotopic (exact) mass is 412 g/mol. The number of hydrogen-bond donors (Lipinski definition) is 0. The van der Waals surface area contributed by atoms with Crippen molar-refractivity contribution in [3.63, 3.8) is 0 Å². The predicted molar refractivity (Wildman–Crippen MR) is 137 cm³/mol. The summed E-state index contributed by atoms with van der Waals surface area (Å²) >= 11 is 0. The molecule has 0 fully saturated rings. The van der Waals surface area contributed by atoms with Gasteiger partial charge in [0.2, 0.25) is 0 Å². The van der Waals surface area contributed by atoms with Gasteiger partial charge in [0.25, 0.3) is 0 Å². The SMILES string of the molecule is C=C(C)/C=C\C(=C/C)c1cnc(C2=C/C=C\C(C)C\C=C\2)n1Cc1ccccc1.CC. The van der Waals surface area contributed by atoms with Crippen LogP contribution in [0.4, 0.5) is 0 Å². The predicted octanol–water partition coefficient (Wildman–Crippen LogP) is 8.03. The van der Waals surface area contributed by atoms with Crippen molar-refractivity contribution in [2.45, 2.75) is 47.6 Å². The Morgan fingerprint density at radius 1 is 1.19 bits per heavy atom. The van der Waals surface area contributed by atoms with Crippen LogP contribution in [0.5, 0.6) is 0 Å². The fraction of sp³-hybridized carbons (Fsp3) is 0.276. The number of allylic oxidation sites excluding steroid dienone is 11. The van der Waals surface area contributed by atoms with Gasteiger partial charge in [-0.15, -0.1) is 0 Å². The van der Waals surface area contributed by atoms with Gasteiger partial charge >= 0.3 is 0 Å². The van der Waals surface area contributed by atoms with Crippen LogP contribution in [0.2, 0.25) is 0 Å². The van der Waals surface area contributed by atoms with Gasteiger partial charge in [0.05, 0.1) is 11.9 Å². The Morgan fingerprint density at radius 2 is 1.94 bits per heavy atom. The molecule has 31 heavy (non-hydrogen) atoms. The molecule has 1 atom stereocenters. The molecule has 0 saturated carbocycles. The van der Waals surface area contributed by atoms with Crippen molar-refractivity contribution < 1.29 is 0 Å². The molecule has 2 nitrogen and oxygen atoms in total. The number of benzene rings is 1. The first-order valence-electron chi connectivity index (χ1n) is 11.2. The molecule has 0 saturated heterocycles. The lowest BCUT2D eigenvalue weighted by molar-refractivity contribution is 0.742. The van der Waals surface area contributed by atoms with Crippen molar-refractivity contribution in [2.24, 2.45) is 5.92 Å². The highest BCUT2D eigenvalue weighted by molar-refractivity contribution is 5.77. The molecule has 0 aliphatic heterocycles. The summed E-state index contributed by atoms with van der Waals surface area (Å²) in [6.45, 7) is 15.1. The van der Waals surface area contributed by atoms with Crippen molar-refractivity contribution in [1.29, 1.82) is 0 Å². The van der Waals surface area contributed by atoms with Crippen LogP contribution in [0, 0.1) is 5.92 Å². The van der Waals surface area contributed by atoms with E-state index in [4.69, 9.17) is 4.98 Å². The summed E-state index contributed by atoms with van der Waals surface area (Å²) in [4.78, 5) is 4.84. The van der Waals surface area contributed by atoms with Crippen LogP contribution in [-0.2, 0) is 6.54 Å². The molecular weight excluding hydrogens is 376 g/mol. The third kappa shape index (κ3) is 6.96. The Kier molecular flexibility index (Phi) is 9.77. The lowest BCUT2D eigenvalue weighted by Gasteiger charge is -2.14. The molecule has 1 unspecified atom stereocenters. The Hall–Kier alpha value is -3.13. The molecule has 1 heterocycles. The van der Waals surface area contributed by atoms with Crippen molar-refractivity contribution >= 4 is 11.1 Å². The van der Waals surface area contributed by atoms with Crippen molar-refractivity contribution in [2.75, 3.05) is 0 Å². The Labute approximate surface area is 188 Å². The standard InChI is InChI=1S/C27H30N2.C2H6/c1-5-24(18-17-21(2)3)26-19-28-27(25-15-9-11-22(4)12-10-16-25)29(26)20-23-13-7-6-8-14-23;1-2/h5-11,13-19,22H,2,12,20H2,1,3-4H3;1-2H3/b11-9-,16-10+,18-17-,24-5+,25-15+;. The highest BCUT2D eigenvalue weighted by Gasteiger charge is 2.15. The Morgan fingerprint density at radius 3 is 2.61 bits per heavy atom. The zero-order valence-corrected chi connectivity index (χ0v) is 19.7. The normalized spacial score (nSPS) is 20.1. The molecule has 0 spiro atoms. The first kappa shape index (κ1) is 24.1. The fourth-order valence-electron chi connectivity index (χ4n) is 3.37. The Balaban J connectivity index is 0.00000166. The van der Waals surface area contributed by atoms with Gasteiger partial charge in [-0.05, 0) is 37.3 Å². The van der Waals surface area contributed by atoms with Gasteiger partial charge in [0.1, 0.15) is 5.82 Å². The molecule has 162 valence electrons. The maximum atomic E-state index is 4.84. The maximum absolute atomic E-state index is 4.84. The van der Waals surface area contributed by atoms with E-state index in [9.17, 15) is 0 Å². The van der Waals surface area contributed by atoms with Crippen LogP contribution < -0.4 is 0 Å². The summed E-state index contributed by atoms with van der Waals surface area (Å²) in [6.07, 6.45) is 20.3. The zero-order valence-electron chi connectivity index (χ0n) is 19.7. The van der Waals surface area contributed by atoms with Crippen LogP contribution in [0.25, 0.3) is 11.1 Å². The molecule has 1 aliphatic rings. The van der Waals surface area contributed by atoms with Gasteiger partial charge in [-0.2, -0.15) is 0 Å². The van der Waals surface area contributed by atoms with Crippen LogP contribution in [0.1, 0.15) is 58.1 Å². The van der Waals surface area contributed by atoms with Crippen molar-refractivity contribution in [3.8, 4) is 0 Å². The summed E-state index contributed by atoms with van der Waals surface area (Å²) in [7, 11) is 0. The number of imidazole rings is 1. The average molecular weight is 413 g/mol. The first-order chi connectivity index (χ1) is 15.1. The molecule has 0 radical (unpaired) electrons. The molecule has 3 rings (SSSR count). The molecular formula is C29H36N2.